The van der Waals surface area contributed by atoms with Gasteiger partial charge >= 0.3 is 0 Å². The van der Waals surface area contributed by atoms with Crippen LogP contribution >= 0.6 is 0 Å². The van der Waals surface area contributed by atoms with Crippen molar-refractivity contribution in [2.24, 2.45) is 11.8 Å². The summed E-state index contributed by atoms with van der Waals surface area (Å²) in [5.41, 5.74) is 6.54. The van der Waals surface area contributed by atoms with Crippen molar-refractivity contribution in [1.29, 1.82) is 0 Å². The van der Waals surface area contributed by atoms with E-state index in [0.717, 1.165) is 24.2 Å². The number of rotatable bonds is 5. The van der Waals surface area contributed by atoms with Crippen molar-refractivity contribution in [2.75, 3.05) is 30.8 Å². The summed E-state index contributed by atoms with van der Waals surface area (Å²) in [5, 5.41) is 0. The van der Waals surface area contributed by atoms with E-state index in [0.29, 0.717) is 18.2 Å². The molecule has 2 N–H and O–H groups in total. The van der Waals surface area contributed by atoms with Gasteiger partial charge in [-0.25, -0.2) is 4.98 Å². The third kappa shape index (κ3) is 2.60. The predicted molar refractivity (Wildman–Crippen MR) is 68.2 cm³/mol. The molecule has 1 aliphatic rings. The molecule has 94 valence electrons. The molecule has 1 aromatic heterocycles. The zero-order valence-electron chi connectivity index (χ0n) is 10.7. The first-order valence-corrected chi connectivity index (χ1v) is 6.07. The minimum atomic E-state index is 0.480. The van der Waals surface area contributed by atoms with Gasteiger partial charge in [0.15, 0.2) is 5.82 Å². The molecule has 0 amide bonds. The fraction of sp³-hybridized carbons (Fsp3) is 0.667. The fourth-order valence-electron chi connectivity index (χ4n) is 2.02. The van der Waals surface area contributed by atoms with Gasteiger partial charge in [-0.1, -0.05) is 6.92 Å². The summed E-state index contributed by atoms with van der Waals surface area (Å²) in [6.45, 7) is 5.74. The highest BCUT2D eigenvalue weighted by Gasteiger charge is 2.33. The molecule has 2 atom stereocenters. The van der Waals surface area contributed by atoms with Crippen molar-refractivity contribution in [3.63, 3.8) is 0 Å². The van der Waals surface area contributed by atoms with Gasteiger partial charge in [0.1, 0.15) is 12.0 Å². The Labute approximate surface area is 102 Å². The third-order valence-electron chi connectivity index (χ3n) is 3.25. The lowest BCUT2D eigenvalue weighted by Crippen LogP contribution is -2.23. The zero-order chi connectivity index (χ0) is 12.4. The second-order valence-corrected chi connectivity index (χ2v) is 4.70. The molecule has 1 aromatic rings. The normalized spacial score (nSPS) is 22.3. The minimum Gasteiger partial charge on any atom is -0.476 e. The number of nitrogens with zero attached hydrogens (tertiary/aromatic N) is 3. The lowest BCUT2D eigenvalue weighted by Gasteiger charge is -2.20. The largest absolute Gasteiger partial charge is 0.476 e. The quantitative estimate of drug-likeness (QED) is 0.840. The summed E-state index contributed by atoms with van der Waals surface area (Å²) in [7, 11) is 2.01. The number of nitrogen functional groups attached to an aromatic ring is 1. The van der Waals surface area contributed by atoms with Crippen molar-refractivity contribution in [2.45, 2.75) is 20.3 Å². The lowest BCUT2D eigenvalue weighted by atomic mass is 10.3. The van der Waals surface area contributed by atoms with Crippen molar-refractivity contribution in [3.8, 4) is 5.88 Å². The summed E-state index contributed by atoms with van der Waals surface area (Å²) >= 11 is 0. The molecule has 0 aliphatic heterocycles. The van der Waals surface area contributed by atoms with Gasteiger partial charge < -0.3 is 15.4 Å². The minimum absolute atomic E-state index is 0.480. The molecule has 5 nitrogen and oxygen atoms in total. The van der Waals surface area contributed by atoms with E-state index in [-0.39, 0.29) is 0 Å². The first-order chi connectivity index (χ1) is 8.13. The molecule has 1 aliphatic carbocycles. The summed E-state index contributed by atoms with van der Waals surface area (Å²) in [6.07, 6.45) is 2.80. The van der Waals surface area contributed by atoms with Crippen LogP contribution in [0.5, 0.6) is 5.88 Å². The van der Waals surface area contributed by atoms with Crippen LogP contribution in [-0.4, -0.2) is 30.2 Å². The highest BCUT2D eigenvalue weighted by atomic mass is 16.5. The fourth-order valence-corrected chi connectivity index (χ4v) is 2.02. The van der Waals surface area contributed by atoms with E-state index < -0.39 is 0 Å². The molecule has 1 heterocycles. The maximum Gasteiger partial charge on any atom is 0.242 e. The van der Waals surface area contributed by atoms with Gasteiger partial charge in [0, 0.05) is 13.6 Å². The Morgan fingerprint density at radius 1 is 1.53 bits per heavy atom. The number of anilines is 2. The van der Waals surface area contributed by atoms with Gasteiger partial charge in [-0.3, -0.25) is 0 Å². The number of ether oxygens (including phenoxy) is 1. The zero-order valence-corrected chi connectivity index (χ0v) is 10.7. The molecule has 17 heavy (non-hydrogen) atoms. The van der Waals surface area contributed by atoms with Crippen LogP contribution in [0.2, 0.25) is 0 Å². The van der Waals surface area contributed by atoms with Gasteiger partial charge in [0.25, 0.3) is 0 Å². The molecule has 0 saturated heterocycles. The lowest BCUT2D eigenvalue weighted by molar-refractivity contribution is 0.328. The molecule has 0 radical (unpaired) electrons. The first-order valence-electron chi connectivity index (χ1n) is 6.07. The molecule has 2 rings (SSSR count). The van der Waals surface area contributed by atoms with Crippen LogP contribution in [0.1, 0.15) is 20.3 Å². The van der Waals surface area contributed by atoms with E-state index in [1.165, 1.54) is 12.7 Å². The molecule has 1 fully saturated rings. The van der Waals surface area contributed by atoms with Crippen molar-refractivity contribution in [1.82, 2.24) is 9.97 Å². The molecule has 5 heteroatoms. The van der Waals surface area contributed by atoms with Crippen LogP contribution in [0.25, 0.3) is 0 Å². The van der Waals surface area contributed by atoms with E-state index in [4.69, 9.17) is 10.5 Å². The molecule has 1 saturated carbocycles. The van der Waals surface area contributed by atoms with Crippen LogP contribution in [0.3, 0.4) is 0 Å². The molecule has 0 spiro atoms. The Hall–Kier alpha value is -1.52. The monoisotopic (exact) mass is 236 g/mol. The second kappa shape index (κ2) is 4.77. The highest BCUT2D eigenvalue weighted by molar-refractivity contribution is 5.67. The van der Waals surface area contributed by atoms with Gasteiger partial charge in [-0.05, 0) is 25.2 Å². The summed E-state index contributed by atoms with van der Waals surface area (Å²) in [4.78, 5) is 10.4. The van der Waals surface area contributed by atoms with E-state index in [9.17, 15) is 0 Å². The first kappa shape index (κ1) is 12.0. The van der Waals surface area contributed by atoms with E-state index >= 15 is 0 Å². The number of hydrogen-bond acceptors (Lipinski definition) is 5. The number of aromatic nitrogens is 2. The Balaban J connectivity index is 2.10. The molecular weight excluding hydrogens is 216 g/mol. The summed E-state index contributed by atoms with van der Waals surface area (Å²) in [6, 6.07) is 0. The molecule has 0 bridgehead atoms. The van der Waals surface area contributed by atoms with Gasteiger partial charge in [-0.2, -0.15) is 4.98 Å². The van der Waals surface area contributed by atoms with Crippen molar-refractivity contribution >= 4 is 11.5 Å². The third-order valence-corrected chi connectivity index (χ3v) is 3.25. The van der Waals surface area contributed by atoms with Crippen LogP contribution < -0.4 is 15.4 Å². The smallest absolute Gasteiger partial charge is 0.242 e. The number of hydrogen-bond donors (Lipinski definition) is 1. The van der Waals surface area contributed by atoms with Gasteiger partial charge in [0.2, 0.25) is 5.88 Å². The van der Waals surface area contributed by atoms with E-state index in [1.807, 2.05) is 14.0 Å². The van der Waals surface area contributed by atoms with E-state index in [1.54, 1.807) is 0 Å². The Bertz CT molecular complexity index is 396. The predicted octanol–water partition coefficient (Wildman–Crippen LogP) is 1.55. The molecule has 2 unspecified atom stereocenters. The maximum atomic E-state index is 6.01. The standard InChI is InChI=1S/C12H20N4O/c1-4-17-12-10(13)11(14-7-15-12)16(3)6-9-5-8(9)2/h7-9H,4-6,13H2,1-3H3. The van der Waals surface area contributed by atoms with Crippen molar-refractivity contribution < 1.29 is 4.74 Å². The Morgan fingerprint density at radius 2 is 2.24 bits per heavy atom. The Kier molecular flexibility index (Phi) is 3.36. The summed E-state index contributed by atoms with van der Waals surface area (Å²) < 4.78 is 5.37. The molecule has 0 aromatic carbocycles. The summed E-state index contributed by atoms with van der Waals surface area (Å²) in [5.74, 6) is 2.84. The SMILES string of the molecule is CCOc1ncnc(N(C)CC2CC2C)c1N. The van der Waals surface area contributed by atoms with Crippen LogP contribution in [-0.2, 0) is 0 Å². The van der Waals surface area contributed by atoms with Crippen LogP contribution in [0.4, 0.5) is 11.5 Å². The van der Waals surface area contributed by atoms with Crippen LogP contribution in [0.15, 0.2) is 6.33 Å². The van der Waals surface area contributed by atoms with Crippen LogP contribution in [0, 0.1) is 11.8 Å². The second-order valence-electron chi connectivity index (χ2n) is 4.70. The maximum absolute atomic E-state index is 6.01. The number of nitrogens with two attached hydrogens (primary N) is 1. The topological polar surface area (TPSA) is 64.3 Å². The highest BCUT2D eigenvalue weighted by Crippen LogP contribution is 2.39. The average molecular weight is 236 g/mol. The van der Waals surface area contributed by atoms with E-state index in [2.05, 4.69) is 21.8 Å². The van der Waals surface area contributed by atoms with Gasteiger partial charge in [-0.15, -0.1) is 0 Å². The molecular formula is C12H20N4O. The van der Waals surface area contributed by atoms with Crippen molar-refractivity contribution in [3.05, 3.63) is 6.33 Å². The Morgan fingerprint density at radius 3 is 2.82 bits per heavy atom. The van der Waals surface area contributed by atoms with Gasteiger partial charge in [0.05, 0.1) is 6.61 Å². The average Bonchev–Trinajstić information content (AvgIpc) is 2.97.